The molecule has 0 fully saturated rings. The van der Waals surface area contributed by atoms with Crippen LogP contribution in [0.1, 0.15) is 21.7 Å². The minimum atomic E-state index is -0.370. The van der Waals surface area contributed by atoms with Crippen LogP contribution in [0.25, 0.3) is 16.7 Å². The number of pyridine rings is 1. The van der Waals surface area contributed by atoms with Gasteiger partial charge in [-0.25, -0.2) is 9.97 Å². The van der Waals surface area contributed by atoms with Gasteiger partial charge in [0.1, 0.15) is 5.82 Å². The molecule has 4 rings (SSSR count). The Morgan fingerprint density at radius 2 is 1.87 bits per heavy atom. The first-order chi connectivity index (χ1) is 14.3. The summed E-state index contributed by atoms with van der Waals surface area (Å²) in [6.45, 7) is 3.59. The molecule has 1 N–H and O–H groups in total. The number of hydrogen-bond acceptors (Lipinski definition) is 4. The Morgan fingerprint density at radius 1 is 1.07 bits per heavy atom. The van der Waals surface area contributed by atoms with E-state index in [1.54, 1.807) is 49.5 Å². The van der Waals surface area contributed by atoms with Gasteiger partial charge in [0.25, 0.3) is 11.5 Å². The SMILES string of the molecule is Cc1cc(-n2c(C)nc3ncccc3c2=O)ccc1NC(=O)c1cc(Cl)ccc1Cl. The molecule has 0 unspecified atom stereocenters. The molecule has 0 bridgehead atoms. The lowest BCUT2D eigenvalue weighted by Crippen LogP contribution is -2.23. The molecule has 4 aromatic rings. The van der Waals surface area contributed by atoms with Crippen molar-refractivity contribution in [2.75, 3.05) is 5.32 Å². The lowest BCUT2D eigenvalue weighted by molar-refractivity contribution is 0.102. The second kappa shape index (κ2) is 7.89. The van der Waals surface area contributed by atoms with E-state index in [0.717, 1.165) is 5.56 Å². The smallest absolute Gasteiger partial charge is 0.267 e. The van der Waals surface area contributed by atoms with E-state index in [9.17, 15) is 9.59 Å². The molecule has 2 aromatic heterocycles. The maximum absolute atomic E-state index is 13.0. The van der Waals surface area contributed by atoms with E-state index in [2.05, 4.69) is 15.3 Å². The molecule has 150 valence electrons. The quantitative estimate of drug-likeness (QED) is 0.490. The summed E-state index contributed by atoms with van der Waals surface area (Å²) < 4.78 is 1.52. The van der Waals surface area contributed by atoms with Gasteiger partial charge in [0.2, 0.25) is 0 Å². The summed E-state index contributed by atoms with van der Waals surface area (Å²) in [5, 5.41) is 4.01. The van der Waals surface area contributed by atoms with Crippen LogP contribution >= 0.6 is 23.2 Å². The van der Waals surface area contributed by atoms with Crippen molar-refractivity contribution >= 4 is 45.8 Å². The maximum atomic E-state index is 13.0. The van der Waals surface area contributed by atoms with Gasteiger partial charge in [-0.15, -0.1) is 0 Å². The number of nitrogens with one attached hydrogen (secondary N) is 1. The highest BCUT2D eigenvalue weighted by atomic mass is 35.5. The normalized spacial score (nSPS) is 10.9. The molecule has 0 aliphatic carbocycles. The number of nitrogens with zero attached hydrogens (tertiary/aromatic N) is 3. The van der Waals surface area contributed by atoms with Gasteiger partial charge in [0.05, 0.1) is 21.7 Å². The molecular formula is C22H16Cl2N4O2. The van der Waals surface area contributed by atoms with Crippen molar-refractivity contribution in [3.05, 3.63) is 92.1 Å². The van der Waals surface area contributed by atoms with Gasteiger partial charge in [-0.05, 0) is 67.9 Å². The van der Waals surface area contributed by atoms with Crippen LogP contribution in [0.15, 0.2) is 59.5 Å². The zero-order valence-corrected chi connectivity index (χ0v) is 17.6. The molecule has 1 amide bonds. The van der Waals surface area contributed by atoms with E-state index in [1.807, 2.05) is 13.0 Å². The van der Waals surface area contributed by atoms with Crippen molar-refractivity contribution in [1.82, 2.24) is 14.5 Å². The van der Waals surface area contributed by atoms with Crippen molar-refractivity contribution in [2.24, 2.45) is 0 Å². The molecular weight excluding hydrogens is 423 g/mol. The Labute approximate surface area is 182 Å². The first-order valence-electron chi connectivity index (χ1n) is 9.07. The molecule has 2 heterocycles. The van der Waals surface area contributed by atoms with E-state index < -0.39 is 0 Å². The minimum Gasteiger partial charge on any atom is -0.322 e. The summed E-state index contributed by atoms with van der Waals surface area (Å²) >= 11 is 12.1. The van der Waals surface area contributed by atoms with Gasteiger partial charge in [0, 0.05) is 16.9 Å². The van der Waals surface area contributed by atoms with Gasteiger partial charge in [-0.1, -0.05) is 23.2 Å². The van der Waals surface area contributed by atoms with E-state index in [4.69, 9.17) is 23.2 Å². The lowest BCUT2D eigenvalue weighted by atomic mass is 10.1. The number of benzene rings is 2. The van der Waals surface area contributed by atoms with Gasteiger partial charge < -0.3 is 5.32 Å². The number of rotatable bonds is 3. The van der Waals surface area contributed by atoms with Crippen molar-refractivity contribution in [3.8, 4) is 5.69 Å². The molecule has 0 radical (unpaired) electrons. The summed E-state index contributed by atoms with van der Waals surface area (Å²) in [7, 11) is 0. The first-order valence-corrected chi connectivity index (χ1v) is 9.82. The molecule has 2 aromatic carbocycles. The Hall–Kier alpha value is -3.22. The monoisotopic (exact) mass is 438 g/mol. The Balaban J connectivity index is 1.71. The van der Waals surface area contributed by atoms with Crippen molar-refractivity contribution < 1.29 is 4.79 Å². The highest BCUT2D eigenvalue weighted by Gasteiger charge is 2.14. The molecule has 0 spiro atoms. The van der Waals surface area contributed by atoms with Gasteiger partial charge in [-0.3, -0.25) is 14.2 Å². The summed E-state index contributed by atoms with van der Waals surface area (Å²) in [5.41, 5.74) is 2.51. The van der Waals surface area contributed by atoms with Crippen molar-refractivity contribution in [3.63, 3.8) is 0 Å². The van der Waals surface area contributed by atoms with Gasteiger partial charge in [-0.2, -0.15) is 0 Å². The molecule has 0 aliphatic rings. The zero-order chi connectivity index (χ0) is 21.4. The summed E-state index contributed by atoms with van der Waals surface area (Å²) in [6, 6.07) is 13.4. The molecule has 0 atom stereocenters. The predicted molar refractivity (Wildman–Crippen MR) is 119 cm³/mol. The average Bonchev–Trinajstić information content (AvgIpc) is 2.71. The fraction of sp³-hybridized carbons (Fsp3) is 0.0909. The Kier molecular flexibility index (Phi) is 5.28. The second-order valence-corrected chi connectivity index (χ2v) is 7.60. The highest BCUT2D eigenvalue weighted by Crippen LogP contribution is 2.24. The molecule has 6 nitrogen and oxygen atoms in total. The summed E-state index contributed by atoms with van der Waals surface area (Å²) in [6.07, 6.45) is 1.60. The summed E-state index contributed by atoms with van der Waals surface area (Å²) in [4.78, 5) is 34.2. The lowest BCUT2D eigenvalue weighted by Gasteiger charge is -2.14. The van der Waals surface area contributed by atoms with E-state index >= 15 is 0 Å². The van der Waals surface area contributed by atoms with Gasteiger partial charge >= 0.3 is 0 Å². The summed E-state index contributed by atoms with van der Waals surface area (Å²) in [5.74, 6) is 0.151. The number of amides is 1. The topological polar surface area (TPSA) is 76.9 Å². The highest BCUT2D eigenvalue weighted by molar-refractivity contribution is 6.36. The number of halogens is 2. The number of fused-ring (bicyclic) bond motifs is 1. The van der Waals surface area contributed by atoms with Crippen LogP contribution in [0, 0.1) is 13.8 Å². The van der Waals surface area contributed by atoms with Crippen LogP contribution in [-0.4, -0.2) is 20.4 Å². The zero-order valence-electron chi connectivity index (χ0n) is 16.1. The fourth-order valence-electron chi connectivity index (χ4n) is 3.22. The maximum Gasteiger partial charge on any atom is 0.267 e. The largest absolute Gasteiger partial charge is 0.322 e. The van der Waals surface area contributed by atoms with Crippen LogP contribution in [0.5, 0.6) is 0 Å². The van der Waals surface area contributed by atoms with Crippen molar-refractivity contribution in [2.45, 2.75) is 13.8 Å². The van der Waals surface area contributed by atoms with Crippen LogP contribution in [-0.2, 0) is 0 Å². The van der Waals surface area contributed by atoms with E-state index in [-0.39, 0.29) is 17.0 Å². The molecule has 30 heavy (non-hydrogen) atoms. The first kappa shape index (κ1) is 20.1. The standard InChI is InChI=1S/C22H16Cl2N4O2/c1-12-10-15(28-13(2)26-20-16(22(28)30)4-3-9-25-20)6-8-19(12)27-21(29)17-11-14(23)5-7-18(17)24/h3-11H,1-2H3,(H,27,29). The number of carbonyl (C=O) groups is 1. The fourth-order valence-corrected chi connectivity index (χ4v) is 3.59. The Morgan fingerprint density at radius 3 is 2.63 bits per heavy atom. The van der Waals surface area contributed by atoms with Crippen LogP contribution < -0.4 is 10.9 Å². The van der Waals surface area contributed by atoms with Gasteiger partial charge in [0.15, 0.2) is 5.65 Å². The molecule has 8 heteroatoms. The second-order valence-electron chi connectivity index (χ2n) is 6.75. The predicted octanol–water partition coefficient (Wildman–Crippen LogP) is 4.96. The third-order valence-corrected chi connectivity index (χ3v) is 5.27. The third-order valence-electron chi connectivity index (χ3n) is 4.70. The molecule has 0 saturated heterocycles. The van der Waals surface area contributed by atoms with Crippen molar-refractivity contribution in [1.29, 1.82) is 0 Å². The number of aryl methyl sites for hydroxylation is 2. The number of hydrogen-bond donors (Lipinski definition) is 1. The number of carbonyl (C=O) groups excluding carboxylic acids is 1. The minimum absolute atomic E-state index is 0.201. The van der Waals surface area contributed by atoms with Crippen LogP contribution in [0.3, 0.4) is 0 Å². The Bertz CT molecular complexity index is 1370. The molecule has 0 aliphatic heterocycles. The van der Waals surface area contributed by atoms with Crippen LogP contribution in [0.4, 0.5) is 5.69 Å². The van der Waals surface area contributed by atoms with E-state index in [1.165, 1.54) is 10.6 Å². The van der Waals surface area contributed by atoms with Crippen LogP contribution in [0.2, 0.25) is 10.0 Å². The molecule has 0 saturated carbocycles. The third kappa shape index (κ3) is 3.67. The van der Waals surface area contributed by atoms with E-state index in [0.29, 0.717) is 38.3 Å². The number of aromatic nitrogens is 3. The number of anilines is 1. The average molecular weight is 439 g/mol.